The Balaban J connectivity index is 1.86. The summed E-state index contributed by atoms with van der Waals surface area (Å²) in [6.45, 7) is 2.60. The summed E-state index contributed by atoms with van der Waals surface area (Å²) in [6.07, 6.45) is 1.02. The van der Waals surface area contributed by atoms with E-state index in [1.54, 1.807) is 18.2 Å². The van der Waals surface area contributed by atoms with Crippen LogP contribution < -0.4 is 9.46 Å². The van der Waals surface area contributed by atoms with Gasteiger partial charge in [-0.15, -0.1) is 0 Å². The first-order valence-electron chi connectivity index (χ1n) is 7.80. The molecule has 0 amide bonds. The molecule has 4 atom stereocenters. The molecule has 1 aromatic carbocycles. The molecule has 1 heterocycles. The number of rotatable bonds is 5. The van der Waals surface area contributed by atoms with Crippen molar-refractivity contribution in [3.8, 4) is 5.75 Å². The number of ether oxygens (including phenoxy) is 2. The van der Waals surface area contributed by atoms with Gasteiger partial charge >= 0.3 is 0 Å². The van der Waals surface area contributed by atoms with Crippen LogP contribution in [0.15, 0.2) is 23.1 Å². The zero-order chi connectivity index (χ0) is 16.8. The predicted octanol–water partition coefficient (Wildman–Crippen LogP) is 0.999. The van der Waals surface area contributed by atoms with E-state index in [2.05, 4.69) is 4.72 Å². The molecule has 0 spiro atoms. The van der Waals surface area contributed by atoms with Gasteiger partial charge in [0.2, 0.25) is 10.0 Å². The van der Waals surface area contributed by atoms with Gasteiger partial charge < -0.3 is 14.4 Å². The fourth-order valence-corrected chi connectivity index (χ4v) is 5.14. The lowest BCUT2D eigenvalue weighted by molar-refractivity contribution is -0.0626. The molecule has 0 aromatic heterocycles. The van der Waals surface area contributed by atoms with Gasteiger partial charge in [0.25, 0.3) is 0 Å². The van der Waals surface area contributed by atoms with E-state index >= 15 is 0 Å². The van der Waals surface area contributed by atoms with Crippen LogP contribution in [0.3, 0.4) is 0 Å². The van der Waals surface area contributed by atoms with Crippen LogP contribution in [-0.2, 0) is 14.8 Å². The van der Waals surface area contributed by atoms with Crippen LogP contribution in [-0.4, -0.2) is 59.3 Å². The molecule has 3 rings (SSSR count). The fraction of sp³-hybridized carbons (Fsp3) is 0.625. The third kappa shape index (κ3) is 2.87. The Morgan fingerprint density at radius 1 is 1.35 bits per heavy atom. The summed E-state index contributed by atoms with van der Waals surface area (Å²) in [5.74, 6) is 0.617. The summed E-state index contributed by atoms with van der Waals surface area (Å²) in [7, 11) is 1.75. The molecule has 0 bridgehead atoms. The molecule has 1 aliphatic heterocycles. The standard InChI is InChI=1S/C16H24N2O4S/c1-10-5-6-13(12(9-10)21-4)23(19,20)17-14-11-7-8-22-16(11)15(14)18(2)3/h5-6,9,11,14-17H,7-8H2,1-4H3/t11-,14+,15-,16-/m1/s1. The third-order valence-corrected chi connectivity index (χ3v) is 6.34. The monoisotopic (exact) mass is 340 g/mol. The van der Waals surface area contributed by atoms with Gasteiger partial charge in [-0.1, -0.05) is 6.07 Å². The highest BCUT2D eigenvalue weighted by Gasteiger charge is 2.56. The number of nitrogens with zero attached hydrogens (tertiary/aromatic N) is 1. The molecule has 1 aromatic rings. The van der Waals surface area contributed by atoms with Gasteiger partial charge in [-0.3, -0.25) is 0 Å². The van der Waals surface area contributed by atoms with Crippen molar-refractivity contribution in [3.05, 3.63) is 23.8 Å². The average Bonchev–Trinajstić information content (AvgIpc) is 2.87. The Bertz CT molecular complexity index is 689. The molecule has 23 heavy (non-hydrogen) atoms. The van der Waals surface area contributed by atoms with Crippen LogP contribution in [0.5, 0.6) is 5.75 Å². The van der Waals surface area contributed by atoms with E-state index in [1.165, 1.54) is 7.11 Å². The molecular formula is C16H24N2O4S. The van der Waals surface area contributed by atoms with Gasteiger partial charge in [0.1, 0.15) is 10.6 Å². The molecule has 1 saturated heterocycles. The second kappa shape index (κ2) is 6.05. The predicted molar refractivity (Wildman–Crippen MR) is 87.2 cm³/mol. The van der Waals surface area contributed by atoms with Gasteiger partial charge in [-0.2, -0.15) is 0 Å². The Morgan fingerprint density at radius 3 is 2.74 bits per heavy atom. The summed E-state index contributed by atoms with van der Waals surface area (Å²) in [4.78, 5) is 2.22. The quantitative estimate of drug-likeness (QED) is 0.866. The van der Waals surface area contributed by atoms with Crippen LogP contribution in [0.25, 0.3) is 0 Å². The normalized spacial score (nSPS) is 30.1. The van der Waals surface area contributed by atoms with Gasteiger partial charge in [0.15, 0.2) is 0 Å². The number of nitrogens with one attached hydrogen (secondary N) is 1. The number of hydrogen-bond donors (Lipinski definition) is 1. The highest BCUT2D eigenvalue weighted by Crippen LogP contribution is 2.42. The van der Waals surface area contributed by atoms with Gasteiger partial charge in [-0.25, -0.2) is 13.1 Å². The molecule has 6 nitrogen and oxygen atoms in total. The Morgan fingerprint density at radius 2 is 2.09 bits per heavy atom. The van der Waals surface area contributed by atoms with Gasteiger partial charge in [0, 0.05) is 18.6 Å². The Hall–Kier alpha value is -1.15. The number of sulfonamides is 1. The SMILES string of the molecule is COc1cc(C)ccc1S(=O)(=O)N[C@H]1[C@H]2CCO[C@H]2[C@@H]1N(C)C. The van der Waals surface area contributed by atoms with Crippen molar-refractivity contribution in [3.63, 3.8) is 0 Å². The third-order valence-electron chi connectivity index (χ3n) is 4.85. The van der Waals surface area contributed by atoms with Gasteiger partial charge in [0.05, 0.1) is 19.3 Å². The number of benzene rings is 1. The van der Waals surface area contributed by atoms with Crippen molar-refractivity contribution in [1.29, 1.82) is 0 Å². The fourth-order valence-electron chi connectivity index (χ4n) is 3.69. The van der Waals surface area contributed by atoms with E-state index in [9.17, 15) is 8.42 Å². The largest absolute Gasteiger partial charge is 0.495 e. The topological polar surface area (TPSA) is 67.9 Å². The van der Waals surface area contributed by atoms with E-state index in [0.29, 0.717) is 12.4 Å². The molecule has 1 aliphatic carbocycles. The average molecular weight is 340 g/mol. The van der Waals surface area contributed by atoms with E-state index in [4.69, 9.17) is 9.47 Å². The number of aryl methyl sites for hydroxylation is 1. The van der Waals surface area contributed by atoms with E-state index in [1.807, 2.05) is 25.9 Å². The maximum Gasteiger partial charge on any atom is 0.244 e. The highest BCUT2D eigenvalue weighted by molar-refractivity contribution is 7.89. The van der Waals surface area contributed by atoms with Crippen LogP contribution in [0.2, 0.25) is 0 Å². The molecule has 1 N–H and O–H groups in total. The highest BCUT2D eigenvalue weighted by atomic mass is 32.2. The first-order chi connectivity index (χ1) is 10.8. The van der Waals surface area contributed by atoms with Crippen molar-refractivity contribution in [2.45, 2.75) is 36.4 Å². The lowest BCUT2D eigenvalue weighted by Crippen LogP contribution is -2.69. The van der Waals surface area contributed by atoms with Crippen LogP contribution >= 0.6 is 0 Å². The van der Waals surface area contributed by atoms with E-state index < -0.39 is 10.0 Å². The zero-order valence-electron chi connectivity index (χ0n) is 13.9. The molecule has 2 fully saturated rings. The first kappa shape index (κ1) is 16.7. The summed E-state index contributed by atoms with van der Waals surface area (Å²) >= 11 is 0. The Kier molecular flexibility index (Phi) is 4.39. The molecule has 0 unspecified atom stereocenters. The lowest BCUT2D eigenvalue weighted by Gasteiger charge is -2.50. The molecule has 128 valence electrons. The molecule has 1 saturated carbocycles. The lowest BCUT2D eigenvalue weighted by atomic mass is 9.71. The summed E-state index contributed by atoms with van der Waals surface area (Å²) in [5.41, 5.74) is 0.958. The number of methoxy groups -OCH3 is 1. The van der Waals surface area contributed by atoms with Crippen molar-refractivity contribution < 1.29 is 17.9 Å². The molecule has 2 aliphatic rings. The van der Waals surface area contributed by atoms with Crippen LogP contribution in [0.1, 0.15) is 12.0 Å². The molecule has 0 radical (unpaired) electrons. The minimum Gasteiger partial charge on any atom is -0.495 e. The maximum atomic E-state index is 12.8. The number of hydrogen-bond acceptors (Lipinski definition) is 5. The smallest absolute Gasteiger partial charge is 0.244 e. The van der Waals surface area contributed by atoms with Crippen LogP contribution in [0, 0.1) is 12.8 Å². The van der Waals surface area contributed by atoms with Crippen molar-refractivity contribution in [2.75, 3.05) is 27.8 Å². The minimum atomic E-state index is -3.64. The first-order valence-corrected chi connectivity index (χ1v) is 9.28. The second-order valence-electron chi connectivity index (χ2n) is 6.54. The van der Waals surface area contributed by atoms with Gasteiger partial charge in [-0.05, 0) is 45.1 Å². The zero-order valence-corrected chi connectivity index (χ0v) is 14.8. The Labute approximate surface area is 137 Å². The van der Waals surface area contributed by atoms with E-state index in [-0.39, 0.29) is 29.0 Å². The molecular weight excluding hydrogens is 316 g/mol. The second-order valence-corrected chi connectivity index (χ2v) is 8.23. The summed E-state index contributed by atoms with van der Waals surface area (Å²) in [6, 6.07) is 5.05. The maximum absolute atomic E-state index is 12.8. The van der Waals surface area contributed by atoms with Crippen molar-refractivity contribution in [2.24, 2.45) is 5.92 Å². The van der Waals surface area contributed by atoms with Crippen molar-refractivity contribution in [1.82, 2.24) is 9.62 Å². The molecule has 7 heteroatoms. The summed E-state index contributed by atoms with van der Waals surface area (Å²) < 4.78 is 39.5. The summed E-state index contributed by atoms with van der Waals surface area (Å²) in [5, 5.41) is 0. The number of fused-ring (bicyclic) bond motifs is 1. The van der Waals surface area contributed by atoms with Crippen LogP contribution in [0.4, 0.5) is 0 Å². The van der Waals surface area contributed by atoms with Crippen molar-refractivity contribution >= 4 is 10.0 Å². The number of likely N-dealkylation sites (N-methyl/N-ethyl adjacent to an activating group) is 1. The van der Waals surface area contributed by atoms with E-state index in [0.717, 1.165) is 12.0 Å². The minimum absolute atomic E-state index is 0.0636.